The van der Waals surface area contributed by atoms with E-state index in [0.29, 0.717) is 6.04 Å². The van der Waals surface area contributed by atoms with Gasteiger partial charge in [0.2, 0.25) is 0 Å². The van der Waals surface area contributed by atoms with Gasteiger partial charge in [0.15, 0.2) is 0 Å². The summed E-state index contributed by atoms with van der Waals surface area (Å²) < 4.78 is 12.8. The third-order valence-electron chi connectivity index (χ3n) is 3.16. The van der Waals surface area contributed by atoms with Gasteiger partial charge in [-0.05, 0) is 32.2 Å². The summed E-state index contributed by atoms with van der Waals surface area (Å²) in [4.78, 5) is 2.40. The van der Waals surface area contributed by atoms with Crippen LogP contribution >= 0.6 is 24.8 Å². The maximum Gasteiger partial charge on any atom is 0.103 e. The Hall–Kier alpha value is 0.430. The van der Waals surface area contributed by atoms with Crippen LogP contribution in [-0.2, 0) is 0 Å². The molecular formula is C10H21Cl2FN2. The Morgan fingerprint density at radius 1 is 1.13 bits per heavy atom. The topological polar surface area (TPSA) is 15.3 Å². The fourth-order valence-electron chi connectivity index (χ4n) is 2.31. The van der Waals surface area contributed by atoms with E-state index in [1.165, 1.54) is 19.4 Å². The highest BCUT2D eigenvalue weighted by atomic mass is 35.5. The quantitative estimate of drug-likeness (QED) is 0.816. The summed E-state index contributed by atoms with van der Waals surface area (Å²) in [6.45, 7) is 4.22. The molecule has 0 amide bonds. The van der Waals surface area contributed by atoms with Crippen LogP contribution < -0.4 is 5.32 Å². The fourth-order valence-corrected chi connectivity index (χ4v) is 2.31. The highest BCUT2D eigenvalue weighted by Crippen LogP contribution is 2.15. The summed E-state index contributed by atoms with van der Waals surface area (Å²) in [7, 11) is 0. The average molecular weight is 259 g/mol. The molecular weight excluding hydrogens is 238 g/mol. The molecule has 2 saturated heterocycles. The lowest BCUT2D eigenvalue weighted by Gasteiger charge is -2.30. The van der Waals surface area contributed by atoms with Crippen LogP contribution in [0.3, 0.4) is 0 Å². The smallest absolute Gasteiger partial charge is 0.103 e. The van der Waals surface area contributed by atoms with Gasteiger partial charge in [-0.3, -0.25) is 0 Å². The van der Waals surface area contributed by atoms with Crippen LogP contribution in [0.2, 0.25) is 0 Å². The molecule has 2 heterocycles. The molecule has 2 fully saturated rings. The minimum atomic E-state index is -0.534. The summed E-state index contributed by atoms with van der Waals surface area (Å²) in [6.07, 6.45) is 3.56. The van der Waals surface area contributed by atoms with E-state index in [9.17, 15) is 4.39 Å². The molecule has 1 unspecified atom stereocenters. The zero-order valence-corrected chi connectivity index (χ0v) is 10.6. The van der Waals surface area contributed by atoms with Crippen molar-refractivity contribution in [3.8, 4) is 0 Å². The molecule has 5 heteroatoms. The van der Waals surface area contributed by atoms with Crippen LogP contribution in [0.5, 0.6) is 0 Å². The molecule has 1 atom stereocenters. The first-order valence-corrected chi connectivity index (χ1v) is 5.44. The van der Waals surface area contributed by atoms with Gasteiger partial charge in [0.1, 0.15) is 6.17 Å². The molecule has 2 aliphatic heterocycles. The van der Waals surface area contributed by atoms with Crippen molar-refractivity contribution < 1.29 is 4.39 Å². The molecule has 0 aliphatic carbocycles. The van der Waals surface area contributed by atoms with Gasteiger partial charge in [0.25, 0.3) is 0 Å². The monoisotopic (exact) mass is 258 g/mol. The molecule has 0 saturated carbocycles. The molecule has 2 nitrogen and oxygen atoms in total. The maximum absolute atomic E-state index is 12.8. The Labute approximate surface area is 104 Å². The zero-order chi connectivity index (χ0) is 9.10. The third kappa shape index (κ3) is 4.85. The fraction of sp³-hybridized carbons (Fsp3) is 1.00. The van der Waals surface area contributed by atoms with Crippen molar-refractivity contribution in [2.45, 2.75) is 37.9 Å². The number of halogens is 3. The largest absolute Gasteiger partial charge is 0.313 e. The Kier molecular flexibility index (Phi) is 7.88. The third-order valence-corrected chi connectivity index (χ3v) is 3.16. The predicted molar refractivity (Wildman–Crippen MR) is 66.1 cm³/mol. The van der Waals surface area contributed by atoms with Crippen molar-refractivity contribution >= 4 is 24.8 Å². The summed E-state index contributed by atoms with van der Waals surface area (Å²) in [5.41, 5.74) is 0. The molecule has 0 aromatic carbocycles. The molecule has 92 valence electrons. The highest BCUT2D eigenvalue weighted by Gasteiger charge is 2.22. The number of hydrogen-bond acceptors (Lipinski definition) is 2. The summed E-state index contributed by atoms with van der Waals surface area (Å²) in [5, 5.41) is 3.48. The van der Waals surface area contributed by atoms with Crippen LogP contribution in [-0.4, -0.2) is 43.3 Å². The standard InChI is InChI=1S/C10H19FN2.2ClH/c11-9-3-6-13(7-4-9)8-10-2-1-5-12-10;;/h9-10,12H,1-8H2;2*1H. The van der Waals surface area contributed by atoms with Gasteiger partial charge in [-0.25, -0.2) is 4.39 Å². The molecule has 0 bridgehead atoms. The van der Waals surface area contributed by atoms with Crippen molar-refractivity contribution in [1.29, 1.82) is 0 Å². The van der Waals surface area contributed by atoms with Crippen molar-refractivity contribution in [3.05, 3.63) is 0 Å². The number of nitrogens with one attached hydrogen (secondary N) is 1. The molecule has 0 radical (unpaired) electrons. The summed E-state index contributed by atoms with van der Waals surface area (Å²) in [6, 6.07) is 0.677. The normalized spacial score (nSPS) is 28.2. The lowest BCUT2D eigenvalue weighted by atomic mass is 10.1. The maximum atomic E-state index is 12.8. The van der Waals surface area contributed by atoms with Crippen LogP contribution in [0.25, 0.3) is 0 Å². The van der Waals surface area contributed by atoms with Gasteiger partial charge in [-0.1, -0.05) is 0 Å². The lowest BCUT2D eigenvalue weighted by molar-refractivity contribution is 0.142. The number of rotatable bonds is 2. The Morgan fingerprint density at radius 3 is 2.33 bits per heavy atom. The predicted octanol–water partition coefficient (Wildman–Crippen LogP) is 2.02. The SMILES string of the molecule is Cl.Cl.FC1CCN(CC2CCCN2)CC1. The van der Waals surface area contributed by atoms with E-state index < -0.39 is 6.17 Å². The van der Waals surface area contributed by atoms with E-state index in [2.05, 4.69) is 10.2 Å². The first kappa shape index (κ1) is 15.4. The highest BCUT2D eigenvalue weighted by molar-refractivity contribution is 5.85. The van der Waals surface area contributed by atoms with E-state index in [-0.39, 0.29) is 24.8 Å². The van der Waals surface area contributed by atoms with Crippen LogP contribution in [0, 0.1) is 0 Å². The number of hydrogen-bond donors (Lipinski definition) is 1. The van der Waals surface area contributed by atoms with Crippen molar-refractivity contribution in [3.63, 3.8) is 0 Å². The molecule has 15 heavy (non-hydrogen) atoms. The number of alkyl halides is 1. The van der Waals surface area contributed by atoms with Gasteiger partial charge < -0.3 is 10.2 Å². The molecule has 0 aromatic heterocycles. The van der Waals surface area contributed by atoms with Gasteiger partial charge in [0.05, 0.1) is 0 Å². The van der Waals surface area contributed by atoms with Crippen molar-refractivity contribution in [1.82, 2.24) is 10.2 Å². The van der Waals surface area contributed by atoms with Crippen molar-refractivity contribution in [2.24, 2.45) is 0 Å². The summed E-state index contributed by atoms with van der Waals surface area (Å²) in [5.74, 6) is 0. The van der Waals surface area contributed by atoms with Gasteiger partial charge in [-0.2, -0.15) is 0 Å². The van der Waals surface area contributed by atoms with Crippen LogP contribution in [0.15, 0.2) is 0 Å². The second-order valence-corrected chi connectivity index (χ2v) is 4.27. The first-order valence-electron chi connectivity index (χ1n) is 5.44. The second kappa shape index (κ2) is 7.66. The molecule has 0 spiro atoms. The minimum Gasteiger partial charge on any atom is -0.313 e. The average Bonchev–Trinajstić information content (AvgIpc) is 2.62. The number of likely N-dealkylation sites (tertiary alicyclic amines) is 1. The van der Waals surface area contributed by atoms with Gasteiger partial charge >= 0.3 is 0 Å². The minimum absolute atomic E-state index is 0. The Morgan fingerprint density at radius 2 is 1.80 bits per heavy atom. The number of piperidine rings is 1. The zero-order valence-electron chi connectivity index (χ0n) is 8.95. The van der Waals surface area contributed by atoms with E-state index in [4.69, 9.17) is 0 Å². The second-order valence-electron chi connectivity index (χ2n) is 4.27. The van der Waals surface area contributed by atoms with Crippen molar-refractivity contribution in [2.75, 3.05) is 26.2 Å². The Bertz CT molecular complexity index is 158. The van der Waals surface area contributed by atoms with Crippen LogP contribution in [0.4, 0.5) is 4.39 Å². The molecule has 2 aliphatic rings. The lowest BCUT2D eigenvalue weighted by Crippen LogP contribution is -2.42. The van der Waals surface area contributed by atoms with Gasteiger partial charge in [-0.15, -0.1) is 24.8 Å². The number of nitrogens with zero attached hydrogens (tertiary/aromatic N) is 1. The summed E-state index contributed by atoms with van der Waals surface area (Å²) >= 11 is 0. The molecule has 0 aromatic rings. The molecule has 1 N–H and O–H groups in total. The van der Waals surface area contributed by atoms with E-state index >= 15 is 0 Å². The van der Waals surface area contributed by atoms with E-state index in [1.807, 2.05) is 0 Å². The van der Waals surface area contributed by atoms with Gasteiger partial charge in [0, 0.05) is 25.7 Å². The van der Waals surface area contributed by atoms with E-state index in [1.54, 1.807) is 0 Å². The molecule has 2 rings (SSSR count). The van der Waals surface area contributed by atoms with Crippen LogP contribution in [0.1, 0.15) is 25.7 Å². The first-order chi connectivity index (χ1) is 6.34. The Balaban J connectivity index is 0.000000980. The van der Waals surface area contributed by atoms with E-state index in [0.717, 1.165) is 32.5 Å².